The second-order valence-electron chi connectivity index (χ2n) is 6.68. The van der Waals surface area contributed by atoms with E-state index in [2.05, 4.69) is 0 Å². The molecule has 0 aromatic heterocycles. The van der Waals surface area contributed by atoms with E-state index in [1.165, 1.54) is 16.7 Å². The van der Waals surface area contributed by atoms with Crippen LogP contribution in [0.1, 0.15) is 34.6 Å². The highest BCUT2D eigenvalue weighted by Gasteiger charge is 2.62. The highest BCUT2D eigenvalue weighted by molar-refractivity contribution is 8.01. The van der Waals surface area contributed by atoms with Gasteiger partial charge in [-0.2, -0.15) is 0 Å². The van der Waals surface area contributed by atoms with Gasteiger partial charge in [0.15, 0.2) is 0 Å². The van der Waals surface area contributed by atoms with Crippen LogP contribution in [-0.2, 0) is 14.4 Å². The highest BCUT2D eigenvalue weighted by Crippen LogP contribution is 2.50. The lowest BCUT2D eigenvalue weighted by Crippen LogP contribution is -2.68. The fraction of sp³-hybridized carbons (Fsp3) is 0.769. The zero-order chi connectivity index (χ0) is 16.7. The van der Waals surface area contributed by atoms with Crippen LogP contribution in [0.5, 0.6) is 0 Å². The fourth-order valence-electron chi connectivity index (χ4n) is 2.04. The number of thioether (sulfide) groups is 1. The van der Waals surface area contributed by atoms with Gasteiger partial charge in [-0.25, -0.2) is 4.79 Å². The molecule has 21 heavy (non-hydrogen) atoms. The molecule has 1 amide bonds. The molecule has 4 N–H and O–H groups in total. The Kier molecular flexibility index (Phi) is 4.65. The van der Waals surface area contributed by atoms with Gasteiger partial charge in [-0.05, 0) is 34.6 Å². The maximum atomic E-state index is 11.4. The first-order valence-corrected chi connectivity index (χ1v) is 7.40. The van der Waals surface area contributed by atoms with Crippen LogP contribution in [-0.4, -0.2) is 55.2 Å². The lowest BCUT2D eigenvalue weighted by molar-refractivity contribution is -0.159. The summed E-state index contributed by atoms with van der Waals surface area (Å²) >= 11 is 1.47. The van der Waals surface area contributed by atoms with Crippen molar-refractivity contribution in [1.82, 2.24) is 4.90 Å². The molecule has 2 rings (SSSR count). The summed E-state index contributed by atoms with van der Waals surface area (Å²) in [6.45, 7) is 8.64. The molecule has 2 aliphatic rings. The topological polar surface area (TPSA) is 121 Å². The van der Waals surface area contributed by atoms with Crippen LogP contribution < -0.4 is 5.73 Å². The number of carbonyl (C=O) groups excluding carboxylic acids is 1. The van der Waals surface area contributed by atoms with Crippen molar-refractivity contribution >= 4 is 29.6 Å². The summed E-state index contributed by atoms with van der Waals surface area (Å²) in [5.41, 5.74) is 5.00. The molecule has 0 saturated carbocycles. The predicted octanol–water partition coefficient (Wildman–Crippen LogP) is 0.578. The van der Waals surface area contributed by atoms with Crippen molar-refractivity contribution in [2.24, 2.45) is 11.1 Å². The SMILES string of the molecule is CC(C)(C)C(=O)O.CC1(C)SC2[C@H](N)C(=O)N2C1C(=O)O. The molecule has 7 nitrogen and oxygen atoms in total. The lowest BCUT2D eigenvalue weighted by Gasteiger charge is -2.41. The van der Waals surface area contributed by atoms with E-state index >= 15 is 0 Å². The van der Waals surface area contributed by atoms with Crippen LogP contribution in [0.4, 0.5) is 0 Å². The van der Waals surface area contributed by atoms with Gasteiger partial charge < -0.3 is 20.8 Å². The molecule has 2 unspecified atom stereocenters. The Bertz CT molecular complexity index is 472. The first kappa shape index (κ1) is 17.8. The number of aliphatic carboxylic acids is 2. The van der Waals surface area contributed by atoms with Crippen LogP contribution in [0, 0.1) is 5.41 Å². The van der Waals surface area contributed by atoms with E-state index in [0.717, 1.165) is 0 Å². The van der Waals surface area contributed by atoms with Crippen LogP contribution in [0.25, 0.3) is 0 Å². The average molecular weight is 318 g/mol. The number of rotatable bonds is 1. The first-order valence-electron chi connectivity index (χ1n) is 6.52. The van der Waals surface area contributed by atoms with Gasteiger partial charge >= 0.3 is 11.9 Å². The Morgan fingerprint density at radius 2 is 1.71 bits per heavy atom. The minimum absolute atomic E-state index is 0.154. The average Bonchev–Trinajstić information content (AvgIpc) is 2.57. The standard InChI is InChI=1S/C8H12N2O3S.C5H10O2/c1-8(2)4(7(12)13)10-5(11)3(9)6(10)14-8;1-5(2,3)4(6)7/h3-4,6H,9H2,1-2H3,(H,12,13);1-3H3,(H,6,7)/t3-,4?,6?;/m1./s1. The number of carboxylic acid groups (broad SMARTS) is 2. The Balaban J connectivity index is 0.000000270. The molecular weight excluding hydrogens is 296 g/mol. The number of nitrogens with zero attached hydrogens (tertiary/aromatic N) is 1. The molecule has 0 aromatic rings. The maximum Gasteiger partial charge on any atom is 0.327 e. The molecule has 0 bridgehead atoms. The molecule has 2 aliphatic heterocycles. The van der Waals surface area contributed by atoms with Crippen molar-refractivity contribution in [2.45, 2.75) is 56.8 Å². The second-order valence-corrected chi connectivity index (χ2v) is 8.45. The largest absolute Gasteiger partial charge is 0.481 e. The van der Waals surface area contributed by atoms with Gasteiger partial charge in [0.1, 0.15) is 17.5 Å². The Labute approximate surface area is 127 Å². The Morgan fingerprint density at radius 3 is 2.05 bits per heavy atom. The maximum absolute atomic E-state index is 11.4. The van der Waals surface area contributed by atoms with E-state index in [9.17, 15) is 14.4 Å². The molecule has 2 fully saturated rings. The van der Waals surface area contributed by atoms with Gasteiger partial charge in [0, 0.05) is 4.75 Å². The van der Waals surface area contributed by atoms with Gasteiger partial charge in [0.2, 0.25) is 5.91 Å². The summed E-state index contributed by atoms with van der Waals surface area (Å²) in [6.07, 6.45) is 0. The molecule has 0 aromatic carbocycles. The molecule has 8 heteroatoms. The summed E-state index contributed by atoms with van der Waals surface area (Å²) in [4.78, 5) is 33.8. The number of hydrogen-bond acceptors (Lipinski definition) is 5. The summed E-state index contributed by atoms with van der Waals surface area (Å²) < 4.78 is -0.458. The monoisotopic (exact) mass is 318 g/mol. The van der Waals surface area contributed by atoms with E-state index in [0.29, 0.717) is 0 Å². The Hall–Kier alpha value is -1.28. The molecule has 3 atom stereocenters. The van der Waals surface area contributed by atoms with Crippen molar-refractivity contribution in [1.29, 1.82) is 0 Å². The van der Waals surface area contributed by atoms with Crippen molar-refractivity contribution in [3.63, 3.8) is 0 Å². The van der Waals surface area contributed by atoms with Crippen LogP contribution in [0.3, 0.4) is 0 Å². The number of nitrogens with two attached hydrogens (primary N) is 1. The normalized spacial score (nSPS) is 29.9. The van der Waals surface area contributed by atoms with Crippen LogP contribution in [0.15, 0.2) is 0 Å². The van der Waals surface area contributed by atoms with E-state index in [1.54, 1.807) is 20.8 Å². The molecule has 0 aliphatic carbocycles. The minimum Gasteiger partial charge on any atom is -0.481 e. The zero-order valence-corrected chi connectivity index (χ0v) is 13.6. The molecule has 2 saturated heterocycles. The van der Waals surface area contributed by atoms with Crippen LogP contribution in [0.2, 0.25) is 0 Å². The van der Waals surface area contributed by atoms with Crippen molar-refractivity contribution in [3.05, 3.63) is 0 Å². The van der Waals surface area contributed by atoms with Gasteiger partial charge in [-0.3, -0.25) is 9.59 Å². The molecule has 0 spiro atoms. The first-order chi connectivity index (χ1) is 9.30. The Morgan fingerprint density at radius 1 is 1.29 bits per heavy atom. The summed E-state index contributed by atoms with van der Waals surface area (Å²) in [5.74, 6) is -1.96. The number of carboxylic acids is 2. The smallest absolute Gasteiger partial charge is 0.327 e. The predicted molar refractivity (Wildman–Crippen MR) is 78.8 cm³/mol. The number of hydrogen-bond donors (Lipinski definition) is 3. The van der Waals surface area contributed by atoms with Gasteiger partial charge in [0.05, 0.1) is 5.41 Å². The summed E-state index contributed by atoms with van der Waals surface area (Å²) in [5, 5.41) is 17.1. The quantitative estimate of drug-likeness (QED) is 0.605. The molecule has 120 valence electrons. The zero-order valence-electron chi connectivity index (χ0n) is 12.8. The highest BCUT2D eigenvalue weighted by atomic mass is 32.2. The summed E-state index contributed by atoms with van der Waals surface area (Å²) in [7, 11) is 0. The number of amides is 1. The molecule has 0 radical (unpaired) electrons. The summed E-state index contributed by atoms with van der Waals surface area (Å²) in [6, 6.07) is -1.27. The van der Waals surface area contributed by atoms with E-state index in [-0.39, 0.29) is 11.3 Å². The molecule has 2 heterocycles. The van der Waals surface area contributed by atoms with Crippen molar-refractivity contribution in [2.75, 3.05) is 0 Å². The van der Waals surface area contributed by atoms with E-state index in [4.69, 9.17) is 15.9 Å². The number of fused-ring (bicyclic) bond motifs is 1. The van der Waals surface area contributed by atoms with Gasteiger partial charge in [-0.1, -0.05) is 0 Å². The fourth-order valence-corrected chi connectivity index (χ4v) is 3.61. The van der Waals surface area contributed by atoms with E-state index in [1.807, 2.05) is 13.8 Å². The second kappa shape index (κ2) is 5.49. The molecular formula is C13H22N2O5S. The van der Waals surface area contributed by atoms with Crippen LogP contribution >= 0.6 is 11.8 Å². The number of carbonyl (C=O) groups is 3. The van der Waals surface area contributed by atoms with Gasteiger partial charge in [-0.15, -0.1) is 11.8 Å². The van der Waals surface area contributed by atoms with E-state index < -0.39 is 34.2 Å². The lowest BCUT2D eigenvalue weighted by atomic mass is 9.96. The third-order valence-corrected chi connectivity index (χ3v) is 4.95. The third-order valence-electron chi connectivity index (χ3n) is 3.36. The third kappa shape index (κ3) is 3.32. The minimum atomic E-state index is -0.953. The number of β-lactam (4-membered cyclic amide) rings is 1. The van der Waals surface area contributed by atoms with Crippen molar-refractivity contribution < 1.29 is 24.6 Å². The van der Waals surface area contributed by atoms with Crippen molar-refractivity contribution in [3.8, 4) is 0 Å². The van der Waals surface area contributed by atoms with Gasteiger partial charge in [0.25, 0.3) is 0 Å².